The van der Waals surface area contributed by atoms with Crippen LogP contribution in [0.2, 0.25) is 0 Å². The maximum absolute atomic E-state index is 12.1. The minimum Gasteiger partial charge on any atom is -0.493 e. The molecule has 1 saturated carbocycles. The number of benzene rings is 1. The van der Waals surface area contributed by atoms with Crippen molar-refractivity contribution >= 4 is 17.2 Å². The van der Waals surface area contributed by atoms with E-state index in [9.17, 15) is 4.79 Å². The van der Waals surface area contributed by atoms with Gasteiger partial charge in [-0.25, -0.2) is 4.98 Å². The van der Waals surface area contributed by atoms with Crippen LogP contribution in [-0.2, 0) is 0 Å². The Kier molecular flexibility index (Phi) is 5.04. The molecule has 5 nitrogen and oxygen atoms in total. The molecule has 1 amide bonds. The van der Waals surface area contributed by atoms with E-state index in [0.717, 1.165) is 17.1 Å². The number of hydrogen-bond acceptors (Lipinski definition) is 5. The molecule has 1 aromatic carbocycles. The second-order valence-electron chi connectivity index (χ2n) is 6.22. The van der Waals surface area contributed by atoms with Gasteiger partial charge in [-0.15, -0.1) is 11.3 Å². The second kappa shape index (κ2) is 7.21. The molecule has 1 aromatic heterocycles. The molecule has 6 heteroatoms. The SMILES string of the molecule is COc1cc(-c2nc(C(=O)NCC3CC3)cs2)ccc1OC(C)C. The molecule has 2 aromatic rings. The summed E-state index contributed by atoms with van der Waals surface area (Å²) in [5.74, 6) is 1.92. The Bertz CT molecular complexity index is 723. The summed E-state index contributed by atoms with van der Waals surface area (Å²) in [6.07, 6.45) is 2.51. The third-order valence-corrected chi connectivity index (χ3v) is 4.65. The van der Waals surface area contributed by atoms with Crippen LogP contribution in [0.25, 0.3) is 10.6 Å². The molecular weight excluding hydrogens is 324 g/mol. The van der Waals surface area contributed by atoms with Gasteiger partial charge in [0.15, 0.2) is 11.5 Å². The van der Waals surface area contributed by atoms with Gasteiger partial charge in [0.25, 0.3) is 5.91 Å². The Balaban J connectivity index is 1.75. The molecule has 0 spiro atoms. The highest BCUT2D eigenvalue weighted by molar-refractivity contribution is 7.13. The number of aromatic nitrogens is 1. The number of rotatable bonds is 7. The molecule has 1 fully saturated rings. The third kappa shape index (κ3) is 4.06. The van der Waals surface area contributed by atoms with Gasteiger partial charge in [-0.1, -0.05) is 0 Å². The average Bonchev–Trinajstić information content (AvgIpc) is 3.26. The zero-order chi connectivity index (χ0) is 17.1. The fourth-order valence-electron chi connectivity index (χ4n) is 2.31. The lowest BCUT2D eigenvalue weighted by molar-refractivity contribution is 0.0947. The summed E-state index contributed by atoms with van der Waals surface area (Å²) in [7, 11) is 1.62. The van der Waals surface area contributed by atoms with Crippen molar-refractivity contribution < 1.29 is 14.3 Å². The molecule has 24 heavy (non-hydrogen) atoms. The Labute approximate surface area is 146 Å². The van der Waals surface area contributed by atoms with Crippen LogP contribution >= 0.6 is 11.3 Å². The van der Waals surface area contributed by atoms with Crippen molar-refractivity contribution in [1.29, 1.82) is 0 Å². The number of nitrogens with one attached hydrogen (secondary N) is 1. The minimum absolute atomic E-state index is 0.0754. The first-order valence-corrected chi connectivity index (χ1v) is 9.03. The van der Waals surface area contributed by atoms with Crippen LogP contribution in [0, 0.1) is 5.92 Å². The minimum atomic E-state index is -0.101. The van der Waals surface area contributed by atoms with Crippen molar-refractivity contribution in [2.45, 2.75) is 32.8 Å². The number of nitrogens with zero attached hydrogens (tertiary/aromatic N) is 1. The van der Waals surface area contributed by atoms with Crippen molar-refractivity contribution in [3.63, 3.8) is 0 Å². The van der Waals surface area contributed by atoms with Crippen LogP contribution in [-0.4, -0.2) is 30.6 Å². The normalized spacial score (nSPS) is 13.8. The molecule has 1 heterocycles. The molecule has 0 aliphatic heterocycles. The monoisotopic (exact) mass is 346 g/mol. The van der Waals surface area contributed by atoms with Crippen LogP contribution in [0.3, 0.4) is 0 Å². The number of carbonyl (C=O) groups excluding carboxylic acids is 1. The lowest BCUT2D eigenvalue weighted by Crippen LogP contribution is -2.25. The van der Waals surface area contributed by atoms with Crippen molar-refractivity contribution in [3.05, 3.63) is 29.3 Å². The quantitative estimate of drug-likeness (QED) is 0.829. The predicted molar refractivity (Wildman–Crippen MR) is 94.9 cm³/mol. The summed E-state index contributed by atoms with van der Waals surface area (Å²) < 4.78 is 11.1. The first kappa shape index (κ1) is 16.8. The lowest BCUT2D eigenvalue weighted by Gasteiger charge is -2.14. The van der Waals surface area contributed by atoms with E-state index in [1.54, 1.807) is 12.5 Å². The fourth-order valence-corrected chi connectivity index (χ4v) is 3.11. The highest BCUT2D eigenvalue weighted by Gasteiger charge is 2.22. The van der Waals surface area contributed by atoms with E-state index in [2.05, 4.69) is 10.3 Å². The number of amides is 1. The highest BCUT2D eigenvalue weighted by atomic mass is 32.1. The molecular formula is C18H22N2O3S. The number of ether oxygens (including phenoxy) is 2. The molecule has 0 radical (unpaired) electrons. The molecule has 1 aliphatic rings. The van der Waals surface area contributed by atoms with Crippen molar-refractivity contribution in [1.82, 2.24) is 10.3 Å². The molecule has 0 atom stereocenters. The molecule has 0 saturated heterocycles. The van der Waals surface area contributed by atoms with Gasteiger partial charge in [-0.3, -0.25) is 4.79 Å². The summed E-state index contributed by atoms with van der Waals surface area (Å²) in [6, 6.07) is 5.70. The van der Waals surface area contributed by atoms with E-state index in [1.807, 2.05) is 32.0 Å². The Hall–Kier alpha value is -2.08. The topological polar surface area (TPSA) is 60.5 Å². The lowest BCUT2D eigenvalue weighted by atomic mass is 10.2. The van der Waals surface area contributed by atoms with Gasteiger partial charge >= 0.3 is 0 Å². The van der Waals surface area contributed by atoms with Gasteiger partial charge < -0.3 is 14.8 Å². The Morgan fingerprint density at radius 1 is 1.38 bits per heavy atom. The van der Waals surface area contributed by atoms with Crippen LogP contribution in [0.15, 0.2) is 23.6 Å². The van der Waals surface area contributed by atoms with Gasteiger partial charge in [0.05, 0.1) is 13.2 Å². The summed E-state index contributed by atoms with van der Waals surface area (Å²) in [5, 5.41) is 5.53. The average molecular weight is 346 g/mol. The molecule has 1 aliphatic carbocycles. The molecule has 1 N–H and O–H groups in total. The first-order chi connectivity index (χ1) is 11.6. The van der Waals surface area contributed by atoms with Crippen LogP contribution < -0.4 is 14.8 Å². The standard InChI is InChI=1S/C18H22N2O3S/c1-11(2)23-15-7-6-13(8-16(15)22-3)18-20-14(10-24-18)17(21)19-9-12-4-5-12/h6-8,10-12H,4-5,9H2,1-3H3,(H,19,21). The highest BCUT2D eigenvalue weighted by Crippen LogP contribution is 2.34. The van der Waals surface area contributed by atoms with E-state index >= 15 is 0 Å². The van der Waals surface area contributed by atoms with Gasteiger partial charge in [0, 0.05) is 17.5 Å². The number of thiazole rings is 1. The summed E-state index contributed by atoms with van der Waals surface area (Å²) in [5.41, 5.74) is 1.38. The summed E-state index contributed by atoms with van der Waals surface area (Å²) >= 11 is 1.45. The fraction of sp³-hybridized carbons (Fsp3) is 0.444. The van der Waals surface area contributed by atoms with E-state index < -0.39 is 0 Å². The summed E-state index contributed by atoms with van der Waals surface area (Å²) in [4.78, 5) is 16.6. The van der Waals surface area contributed by atoms with Crippen LogP contribution in [0.1, 0.15) is 37.2 Å². The Morgan fingerprint density at radius 2 is 2.17 bits per heavy atom. The summed E-state index contributed by atoms with van der Waals surface area (Å²) in [6.45, 7) is 4.70. The smallest absolute Gasteiger partial charge is 0.270 e. The zero-order valence-corrected chi connectivity index (χ0v) is 15.0. The van der Waals surface area contributed by atoms with E-state index in [0.29, 0.717) is 23.1 Å². The van der Waals surface area contributed by atoms with E-state index in [1.165, 1.54) is 24.2 Å². The molecule has 3 rings (SSSR count). The van der Waals surface area contributed by atoms with Crippen LogP contribution in [0.5, 0.6) is 11.5 Å². The van der Waals surface area contributed by atoms with Crippen molar-refractivity contribution in [2.75, 3.05) is 13.7 Å². The predicted octanol–water partition coefficient (Wildman–Crippen LogP) is 3.75. The Morgan fingerprint density at radius 3 is 2.83 bits per heavy atom. The van der Waals surface area contributed by atoms with Gasteiger partial charge in [-0.05, 0) is 50.8 Å². The van der Waals surface area contributed by atoms with Gasteiger partial charge in [0.2, 0.25) is 0 Å². The molecule has 128 valence electrons. The number of carbonyl (C=O) groups is 1. The first-order valence-electron chi connectivity index (χ1n) is 8.15. The maximum atomic E-state index is 12.1. The molecule has 0 bridgehead atoms. The van der Waals surface area contributed by atoms with E-state index in [4.69, 9.17) is 9.47 Å². The van der Waals surface area contributed by atoms with Gasteiger partial charge in [0.1, 0.15) is 10.7 Å². The van der Waals surface area contributed by atoms with Crippen LogP contribution in [0.4, 0.5) is 0 Å². The number of hydrogen-bond donors (Lipinski definition) is 1. The molecule has 0 unspecified atom stereocenters. The second-order valence-corrected chi connectivity index (χ2v) is 7.08. The third-order valence-electron chi connectivity index (χ3n) is 3.76. The largest absolute Gasteiger partial charge is 0.493 e. The van der Waals surface area contributed by atoms with Gasteiger partial charge in [-0.2, -0.15) is 0 Å². The van der Waals surface area contributed by atoms with Crippen molar-refractivity contribution in [2.24, 2.45) is 5.92 Å². The number of methoxy groups -OCH3 is 1. The van der Waals surface area contributed by atoms with E-state index in [-0.39, 0.29) is 12.0 Å². The zero-order valence-electron chi connectivity index (χ0n) is 14.2. The maximum Gasteiger partial charge on any atom is 0.270 e. The van der Waals surface area contributed by atoms with Crippen molar-refractivity contribution in [3.8, 4) is 22.1 Å².